The van der Waals surface area contributed by atoms with Crippen molar-refractivity contribution >= 4 is 29.7 Å². The van der Waals surface area contributed by atoms with Crippen LogP contribution in [0.1, 0.15) is 20.8 Å². The fourth-order valence-corrected chi connectivity index (χ4v) is 3.29. The van der Waals surface area contributed by atoms with E-state index in [0.29, 0.717) is 12.2 Å². The van der Waals surface area contributed by atoms with Crippen LogP contribution < -0.4 is 5.46 Å². The Hall–Kier alpha value is -2.15. The van der Waals surface area contributed by atoms with Crippen LogP contribution in [0.15, 0.2) is 54.2 Å². The van der Waals surface area contributed by atoms with Gasteiger partial charge in [0.2, 0.25) is 5.78 Å². The van der Waals surface area contributed by atoms with Gasteiger partial charge in [-0.25, -0.2) is 0 Å². The predicted molar refractivity (Wildman–Crippen MR) is 85.9 cm³/mol. The molecule has 1 N–H and O–H groups in total. The number of aromatic nitrogens is 1. The van der Waals surface area contributed by atoms with Gasteiger partial charge < -0.3 is 14.2 Å². The van der Waals surface area contributed by atoms with Crippen molar-refractivity contribution in [1.82, 2.24) is 4.57 Å². The molecular formula is C16H12BNO3S. The molecule has 0 fully saturated rings. The van der Waals surface area contributed by atoms with E-state index in [1.54, 1.807) is 0 Å². The number of hydrogen-bond donors (Lipinski definition) is 1. The van der Waals surface area contributed by atoms with Crippen LogP contribution in [0.4, 0.5) is 0 Å². The average Bonchev–Trinajstić information content (AvgIpc) is 3.28. The summed E-state index contributed by atoms with van der Waals surface area (Å²) in [5.41, 5.74) is 3.34. The first-order valence-electron chi connectivity index (χ1n) is 6.91. The highest BCUT2D eigenvalue weighted by Crippen LogP contribution is 2.19. The molecule has 1 aliphatic heterocycles. The Kier molecular flexibility index (Phi) is 3.22. The summed E-state index contributed by atoms with van der Waals surface area (Å²) in [5, 5.41) is 11.7. The molecule has 6 heteroatoms. The lowest BCUT2D eigenvalue weighted by Crippen LogP contribution is -2.28. The summed E-state index contributed by atoms with van der Waals surface area (Å²) in [6.07, 6.45) is 3.66. The van der Waals surface area contributed by atoms with Gasteiger partial charge in [-0.15, -0.1) is 11.3 Å². The standard InChI is InChI=1S/C16H12BNO3S/c19-16(15-2-1-7-22-15)11-5-6-18(9-11)13-4-3-12-10-21-17(20)14(12)8-13/h1-9,20H,10H2. The molecule has 3 heterocycles. The zero-order chi connectivity index (χ0) is 15.1. The van der Waals surface area contributed by atoms with E-state index in [4.69, 9.17) is 4.65 Å². The number of carbonyl (C=O) groups is 1. The minimum absolute atomic E-state index is 0.0262. The summed E-state index contributed by atoms with van der Waals surface area (Å²) in [6, 6.07) is 11.3. The Bertz CT molecular complexity index is 841. The fourth-order valence-electron chi connectivity index (χ4n) is 2.60. The molecular weight excluding hydrogens is 297 g/mol. The van der Waals surface area contributed by atoms with Crippen LogP contribution in [0.5, 0.6) is 0 Å². The van der Waals surface area contributed by atoms with Crippen LogP contribution in [0.3, 0.4) is 0 Å². The Labute approximate surface area is 131 Å². The SMILES string of the molecule is O=C(c1ccn(-c2ccc3c(c2)B(O)OC3)c1)c1cccs1. The van der Waals surface area contributed by atoms with E-state index in [0.717, 1.165) is 21.6 Å². The normalized spacial score (nSPS) is 13.4. The van der Waals surface area contributed by atoms with E-state index >= 15 is 0 Å². The molecule has 0 aliphatic carbocycles. The maximum absolute atomic E-state index is 12.3. The second-order valence-corrected chi connectivity index (χ2v) is 6.11. The van der Waals surface area contributed by atoms with Crippen molar-refractivity contribution in [3.05, 3.63) is 70.2 Å². The summed E-state index contributed by atoms with van der Waals surface area (Å²) >= 11 is 1.44. The van der Waals surface area contributed by atoms with Crippen molar-refractivity contribution in [2.24, 2.45) is 0 Å². The Balaban J connectivity index is 1.67. The summed E-state index contributed by atoms with van der Waals surface area (Å²) < 4.78 is 7.08. The topological polar surface area (TPSA) is 51.5 Å². The Morgan fingerprint density at radius 1 is 1.32 bits per heavy atom. The molecule has 0 radical (unpaired) electrons. The van der Waals surface area contributed by atoms with Crippen molar-refractivity contribution < 1.29 is 14.5 Å². The number of nitrogens with zero attached hydrogens (tertiary/aromatic N) is 1. The van der Waals surface area contributed by atoms with E-state index in [1.165, 1.54) is 11.3 Å². The van der Waals surface area contributed by atoms with E-state index in [1.807, 2.05) is 58.7 Å². The number of ketones is 1. The number of benzene rings is 1. The van der Waals surface area contributed by atoms with Crippen molar-refractivity contribution in [3.63, 3.8) is 0 Å². The molecule has 4 rings (SSSR count). The molecule has 1 aromatic carbocycles. The van der Waals surface area contributed by atoms with Crippen LogP contribution >= 0.6 is 11.3 Å². The van der Waals surface area contributed by atoms with Gasteiger partial charge in [-0.3, -0.25) is 4.79 Å². The molecule has 2 aromatic heterocycles. The molecule has 0 saturated carbocycles. The number of thiophene rings is 1. The first kappa shape index (κ1) is 13.5. The van der Waals surface area contributed by atoms with E-state index in [2.05, 4.69) is 0 Å². The first-order valence-corrected chi connectivity index (χ1v) is 7.79. The second kappa shape index (κ2) is 5.24. The van der Waals surface area contributed by atoms with Crippen LogP contribution in [-0.4, -0.2) is 22.5 Å². The third kappa shape index (κ3) is 2.21. The lowest BCUT2D eigenvalue weighted by atomic mass is 9.79. The zero-order valence-electron chi connectivity index (χ0n) is 11.6. The van der Waals surface area contributed by atoms with Crippen molar-refractivity contribution in [2.45, 2.75) is 6.61 Å². The number of rotatable bonds is 3. The highest BCUT2D eigenvalue weighted by atomic mass is 32.1. The average molecular weight is 309 g/mol. The lowest BCUT2D eigenvalue weighted by molar-refractivity contribution is 0.104. The fraction of sp³-hybridized carbons (Fsp3) is 0.0625. The second-order valence-electron chi connectivity index (χ2n) is 5.16. The predicted octanol–water partition coefficient (Wildman–Crippen LogP) is 1.99. The molecule has 0 saturated heterocycles. The highest BCUT2D eigenvalue weighted by molar-refractivity contribution is 7.12. The Morgan fingerprint density at radius 2 is 2.23 bits per heavy atom. The first-order chi connectivity index (χ1) is 10.7. The highest BCUT2D eigenvalue weighted by Gasteiger charge is 2.27. The van der Waals surface area contributed by atoms with Gasteiger partial charge in [0.1, 0.15) is 0 Å². The number of hydrogen-bond acceptors (Lipinski definition) is 4. The maximum atomic E-state index is 12.3. The molecule has 1 aliphatic rings. The van der Waals surface area contributed by atoms with Gasteiger partial charge in [-0.2, -0.15) is 0 Å². The van der Waals surface area contributed by atoms with Gasteiger partial charge in [-0.1, -0.05) is 12.1 Å². The van der Waals surface area contributed by atoms with Gasteiger partial charge in [-0.05, 0) is 40.7 Å². The number of carbonyl (C=O) groups excluding carboxylic acids is 1. The van der Waals surface area contributed by atoms with Crippen molar-refractivity contribution in [1.29, 1.82) is 0 Å². The smallest absolute Gasteiger partial charge is 0.423 e. The lowest BCUT2D eigenvalue weighted by Gasteiger charge is -2.05. The molecule has 0 spiro atoms. The maximum Gasteiger partial charge on any atom is 0.491 e. The zero-order valence-corrected chi connectivity index (χ0v) is 12.4. The molecule has 108 valence electrons. The van der Waals surface area contributed by atoms with E-state index < -0.39 is 7.12 Å². The molecule has 3 aromatic rings. The minimum atomic E-state index is -0.863. The monoisotopic (exact) mass is 309 g/mol. The quantitative estimate of drug-likeness (QED) is 0.594. The third-order valence-corrected chi connectivity index (χ3v) is 4.66. The molecule has 22 heavy (non-hydrogen) atoms. The minimum Gasteiger partial charge on any atom is -0.423 e. The summed E-state index contributed by atoms with van der Waals surface area (Å²) in [5.74, 6) is 0.0262. The van der Waals surface area contributed by atoms with Crippen LogP contribution in [-0.2, 0) is 11.3 Å². The summed E-state index contributed by atoms with van der Waals surface area (Å²) in [4.78, 5) is 13.1. The van der Waals surface area contributed by atoms with Crippen LogP contribution in [0.25, 0.3) is 5.69 Å². The summed E-state index contributed by atoms with van der Waals surface area (Å²) in [6.45, 7) is 0.435. The van der Waals surface area contributed by atoms with Gasteiger partial charge in [0, 0.05) is 23.6 Å². The molecule has 0 atom stereocenters. The third-order valence-electron chi connectivity index (χ3n) is 3.79. The molecule has 0 amide bonds. The molecule has 0 unspecified atom stereocenters. The molecule has 4 nitrogen and oxygen atoms in total. The van der Waals surface area contributed by atoms with Crippen LogP contribution in [0, 0.1) is 0 Å². The van der Waals surface area contributed by atoms with Gasteiger partial charge in [0.15, 0.2) is 0 Å². The van der Waals surface area contributed by atoms with Gasteiger partial charge in [0.05, 0.1) is 11.5 Å². The largest absolute Gasteiger partial charge is 0.491 e. The Morgan fingerprint density at radius 3 is 3.05 bits per heavy atom. The molecule has 0 bridgehead atoms. The van der Waals surface area contributed by atoms with Gasteiger partial charge in [0.25, 0.3) is 0 Å². The summed E-state index contributed by atoms with van der Waals surface area (Å²) in [7, 11) is -0.863. The van der Waals surface area contributed by atoms with Crippen LogP contribution in [0.2, 0.25) is 0 Å². The van der Waals surface area contributed by atoms with Gasteiger partial charge >= 0.3 is 7.12 Å². The van der Waals surface area contributed by atoms with Crippen molar-refractivity contribution in [2.75, 3.05) is 0 Å². The van der Waals surface area contributed by atoms with Crippen molar-refractivity contribution in [3.8, 4) is 5.69 Å². The number of fused-ring (bicyclic) bond motifs is 1. The van der Waals surface area contributed by atoms with E-state index in [9.17, 15) is 9.82 Å². The van der Waals surface area contributed by atoms with E-state index in [-0.39, 0.29) is 5.78 Å².